The van der Waals surface area contributed by atoms with Gasteiger partial charge in [0.15, 0.2) is 11.5 Å². The summed E-state index contributed by atoms with van der Waals surface area (Å²) < 4.78 is 17.9. The highest BCUT2D eigenvalue weighted by molar-refractivity contribution is 7.99. The molecule has 1 atom stereocenters. The fourth-order valence-corrected chi connectivity index (χ4v) is 3.66. The normalized spacial score (nSPS) is 12.0. The molecule has 3 rings (SSSR count). The van der Waals surface area contributed by atoms with Crippen molar-refractivity contribution >= 4 is 11.8 Å². The predicted molar refractivity (Wildman–Crippen MR) is 115 cm³/mol. The van der Waals surface area contributed by atoms with Crippen molar-refractivity contribution in [2.75, 3.05) is 26.6 Å². The van der Waals surface area contributed by atoms with E-state index in [0.717, 1.165) is 22.4 Å². The molecule has 1 heterocycles. The Morgan fingerprint density at radius 3 is 2.63 bits per heavy atom. The molecule has 0 aliphatic rings. The minimum Gasteiger partial charge on any atom is -0.493 e. The summed E-state index contributed by atoms with van der Waals surface area (Å²) in [5.74, 6) is 1.73. The number of ether oxygens (including phenoxy) is 3. The summed E-state index contributed by atoms with van der Waals surface area (Å²) in [5.41, 5.74) is 4.08. The number of hydrogen-bond acceptors (Lipinski definition) is 8. The van der Waals surface area contributed by atoms with Gasteiger partial charge in [-0.25, -0.2) is 0 Å². The van der Waals surface area contributed by atoms with Crippen molar-refractivity contribution < 1.29 is 19.3 Å². The van der Waals surface area contributed by atoms with Crippen molar-refractivity contribution in [1.82, 2.24) is 20.2 Å². The van der Waals surface area contributed by atoms with Gasteiger partial charge in [0.05, 0.1) is 39.2 Å². The van der Waals surface area contributed by atoms with E-state index < -0.39 is 6.10 Å². The molecule has 1 N–H and O–H groups in total. The highest BCUT2D eigenvalue weighted by atomic mass is 32.2. The number of hydrogen-bond donors (Lipinski definition) is 1. The summed E-state index contributed by atoms with van der Waals surface area (Å²) in [6.45, 7) is 4.61. The molecular formula is C21H26N4O4S. The monoisotopic (exact) mass is 430 g/mol. The van der Waals surface area contributed by atoms with Crippen LogP contribution in [0.1, 0.15) is 16.7 Å². The molecule has 1 aromatic heterocycles. The van der Waals surface area contributed by atoms with E-state index in [1.807, 2.05) is 44.2 Å². The van der Waals surface area contributed by atoms with E-state index in [1.54, 1.807) is 18.9 Å². The summed E-state index contributed by atoms with van der Waals surface area (Å²) in [6.07, 6.45) is -0.654. The zero-order valence-corrected chi connectivity index (χ0v) is 18.3. The van der Waals surface area contributed by atoms with Crippen LogP contribution in [0, 0.1) is 13.8 Å². The Balaban J connectivity index is 1.52. The minimum atomic E-state index is -0.654. The van der Waals surface area contributed by atoms with Crippen LogP contribution >= 0.6 is 11.8 Å². The highest BCUT2D eigenvalue weighted by Gasteiger charge is 2.14. The van der Waals surface area contributed by atoms with Crippen LogP contribution in [-0.4, -0.2) is 58.0 Å². The van der Waals surface area contributed by atoms with Crippen molar-refractivity contribution in [2.24, 2.45) is 0 Å². The number of benzene rings is 2. The van der Waals surface area contributed by atoms with Crippen molar-refractivity contribution in [3.8, 4) is 17.2 Å². The standard InChI is InChI=1S/C21H26N4O4S/c1-14-5-6-15(2)18(9-14)25-21(22-23-24-25)30-13-17(26)12-29-11-16-7-8-19(27-3)20(10-16)28-4/h5-10,17,26H,11-13H2,1-4H3. The fraction of sp³-hybridized carbons (Fsp3) is 0.381. The van der Waals surface area contributed by atoms with Gasteiger partial charge in [0.2, 0.25) is 5.16 Å². The van der Waals surface area contributed by atoms with E-state index >= 15 is 0 Å². The number of nitrogens with zero attached hydrogens (tertiary/aromatic N) is 4. The smallest absolute Gasteiger partial charge is 0.214 e. The molecule has 1 unspecified atom stereocenters. The molecule has 0 aliphatic carbocycles. The van der Waals surface area contributed by atoms with Crippen LogP contribution < -0.4 is 9.47 Å². The zero-order chi connectivity index (χ0) is 21.5. The summed E-state index contributed by atoms with van der Waals surface area (Å²) in [5, 5.41) is 22.9. The molecule has 8 nitrogen and oxygen atoms in total. The van der Waals surface area contributed by atoms with Crippen LogP contribution in [0.15, 0.2) is 41.6 Å². The molecule has 0 radical (unpaired) electrons. The van der Waals surface area contributed by atoms with Crippen molar-refractivity contribution in [1.29, 1.82) is 0 Å². The van der Waals surface area contributed by atoms with Crippen LogP contribution in [0.3, 0.4) is 0 Å². The summed E-state index contributed by atoms with van der Waals surface area (Å²) in [4.78, 5) is 0. The van der Waals surface area contributed by atoms with Gasteiger partial charge in [-0.05, 0) is 59.2 Å². The quantitative estimate of drug-likeness (QED) is 0.491. The number of rotatable bonds is 10. The second kappa shape index (κ2) is 10.4. The maximum atomic E-state index is 10.3. The number of aliphatic hydroxyl groups excluding tert-OH is 1. The molecule has 160 valence electrons. The Morgan fingerprint density at radius 1 is 1.07 bits per heavy atom. The largest absolute Gasteiger partial charge is 0.493 e. The van der Waals surface area contributed by atoms with Crippen molar-refractivity contribution in [3.05, 3.63) is 53.1 Å². The van der Waals surface area contributed by atoms with Crippen LogP contribution in [0.5, 0.6) is 11.5 Å². The van der Waals surface area contributed by atoms with Gasteiger partial charge in [-0.2, -0.15) is 4.68 Å². The summed E-state index contributed by atoms with van der Waals surface area (Å²) in [7, 11) is 3.19. The minimum absolute atomic E-state index is 0.201. The first-order valence-electron chi connectivity index (χ1n) is 9.47. The van der Waals surface area contributed by atoms with E-state index in [0.29, 0.717) is 29.0 Å². The summed E-state index contributed by atoms with van der Waals surface area (Å²) in [6, 6.07) is 11.7. The van der Waals surface area contributed by atoms with E-state index in [9.17, 15) is 5.11 Å². The van der Waals surface area contributed by atoms with Crippen LogP contribution in [0.4, 0.5) is 0 Å². The number of methoxy groups -OCH3 is 2. The average Bonchev–Trinajstić information content (AvgIpc) is 3.22. The Labute approximate surface area is 180 Å². The van der Waals surface area contributed by atoms with E-state index in [-0.39, 0.29) is 6.61 Å². The van der Waals surface area contributed by atoms with Crippen LogP contribution in [-0.2, 0) is 11.3 Å². The molecule has 0 spiro atoms. The molecular weight excluding hydrogens is 404 g/mol. The number of thioether (sulfide) groups is 1. The molecule has 0 bridgehead atoms. The molecule has 0 amide bonds. The maximum absolute atomic E-state index is 10.3. The maximum Gasteiger partial charge on any atom is 0.214 e. The van der Waals surface area contributed by atoms with Gasteiger partial charge >= 0.3 is 0 Å². The number of aliphatic hydroxyl groups is 1. The Bertz CT molecular complexity index is 979. The Kier molecular flexibility index (Phi) is 7.67. The summed E-state index contributed by atoms with van der Waals surface area (Å²) >= 11 is 1.39. The first-order valence-corrected chi connectivity index (χ1v) is 10.5. The zero-order valence-electron chi connectivity index (χ0n) is 17.5. The molecule has 0 aliphatic heterocycles. The predicted octanol–water partition coefficient (Wildman–Crippen LogP) is 2.97. The van der Waals surface area contributed by atoms with Crippen LogP contribution in [0.2, 0.25) is 0 Å². The van der Waals surface area contributed by atoms with E-state index in [1.165, 1.54) is 11.8 Å². The lowest BCUT2D eigenvalue weighted by Crippen LogP contribution is -2.18. The number of tetrazole rings is 1. The first-order chi connectivity index (χ1) is 14.5. The van der Waals surface area contributed by atoms with Gasteiger partial charge in [0, 0.05) is 5.75 Å². The topological polar surface area (TPSA) is 91.5 Å². The van der Waals surface area contributed by atoms with E-state index in [4.69, 9.17) is 14.2 Å². The Hall–Kier alpha value is -2.62. The lowest BCUT2D eigenvalue weighted by molar-refractivity contribution is 0.0397. The molecule has 0 fully saturated rings. The van der Waals surface area contributed by atoms with Gasteiger partial charge in [-0.3, -0.25) is 0 Å². The SMILES string of the molecule is COc1ccc(COCC(O)CSc2nnnn2-c2cc(C)ccc2C)cc1OC. The van der Waals surface area contributed by atoms with Crippen LogP contribution in [0.25, 0.3) is 5.69 Å². The lowest BCUT2D eigenvalue weighted by atomic mass is 10.1. The van der Waals surface area contributed by atoms with Gasteiger partial charge in [0.25, 0.3) is 0 Å². The molecule has 3 aromatic rings. The molecule has 0 saturated heterocycles. The Morgan fingerprint density at radius 2 is 1.87 bits per heavy atom. The number of aromatic nitrogens is 4. The van der Waals surface area contributed by atoms with Gasteiger partial charge < -0.3 is 19.3 Å². The third-order valence-corrected chi connectivity index (χ3v) is 5.53. The molecule has 2 aromatic carbocycles. The second-order valence-electron chi connectivity index (χ2n) is 6.83. The molecule has 0 saturated carbocycles. The molecule has 9 heteroatoms. The first kappa shape index (κ1) is 22.1. The van der Waals surface area contributed by atoms with Gasteiger partial charge in [-0.15, -0.1) is 5.10 Å². The third kappa shape index (κ3) is 5.50. The van der Waals surface area contributed by atoms with Gasteiger partial charge in [0.1, 0.15) is 0 Å². The highest BCUT2D eigenvalue weighted by Crippen LogP contribution is 2.28. The average molecular weight is 431 g/mol. The lowest BCUT2D eigenvalue weighted by Gasteiger charge is -2.13. The fourth-order valence-electron chi connectivity index (χ4n) is 2.87. The second-order valence-corrected chi connectivity index (χ2v) is 7.82. The van der Waals surface area contributed by atoms with Crippen molar-refractivity contribution in [3.63, 3.8) is 0 Å². The van der Waals surface area contributed by atoms with Gasteiger partial charge in [-0.1, -0.05) is 30.0 Å². The van der Waals surface area contributed by atoms with E-state index in [2.05, 4.69) is 21.6 Å². The molecule has 30 heavy (non-hydrogen) atoms. The van der Waals surface area contributed by atoms with Crippen molar-refractivity contribution in [2.45, 2.75) is 31.7 Å². The number of aryl methyl sites for hydroxylation is 2. The third-order valence-electron chi connectivity index (χ3n) is 4.47.